The third-order valence-electron chi connectivity index (χ3n) is 3.06. The number of carbonyl (C=O) groups is 1. The largest absolute Gasteiger partial charge is 0.504 e. The maximum atomic E-state index is 13.5. The lowest BCUT2D eigenvalue weighted by atomic mass is 10.2. The van der Waals surface area contributed by atoms with Crippen LogP contribution >= 0.6 is 0 Å². The normalized spacial score (nSPS) is 10.7. The smallest absolute Gasteiger partial charge is 0.254 e. The van der Waals surface area contributed by atoms with Crippen LogP contribution in [0.25, 0.3) is 5.65 Å². The van der Waals surface area contributed by atoms with Crippen molar-refractivity contribution >= 4 is 11.6 Å². The molecule has 0 saturated heterocycles. The fraction of sp³-hybridized carbons (Fsp3) is 0.0667. The van der Waals surface area contributed by atoms with E-state index in [9.17, 15) is 14.3 Å². The summed E-state index contributed by atoms with van der Waals surface area (Å²) in [5.74, 6) is -1.01. The molecule has 0 fully saturated rings. The van der Waals surface area contributed by atoms with Crippen molar-refractivity contribution in [1.29, 1.82) is 0 Å². The fourth-order valence-corrected chi connectivity index (χ4v) is 2.05. The Balaban J connectivity index is 1.76. The monoisotopic (exact) mass is 285 g/mol. The van der Waals surface area contributed by atoms with Gasteiger partial charge in [0.1, 0.15) is 5.82 Å². The number of carbonyl (C=O) groups excluding carboxylic acids is 1. The third kappa shape index (κ3) is 2.55. The molecule has 0 spiro atoms. The number of pyridine rings is 1. The number of aromatic nitrogens is 2. The Kier molecular flexibility index (Phi) is 3.27. The maximum Gasteiger partial charge on any atom is 0.254 e. The summed E-state index contributed by atoms with van der Waals surface area (Å²) in [5.41, 5.74) is 0.970. The van der Waals surface area contributed by atoms with E-state index in [0.717, 1.165) is 0 Å². The molecule has 5 nitrogen and oxygen atoms in total. The third-order valence-corrected chi connectivity index (χ3v) is 3.06. The molecule has 21 heavy (non-hydrogen) atoms. The highest BCUT2D eigenvalue weighted by Gasteiger charge is 2.11. The van der Waals surface area contributed by atoms with Gasteiger partial charge in [-0.3, -0.25) is 4.79 Å². The highest BCUT2D eigenvalue weighted by Crippen LogP contribution is 2.16. The molecule has 3 aromatic rings. The average molecular weight is 285 g/mol. The predicted molar refractivity (Wildman–Crippen MR) is 74.4 cm³/mol. The van der Waals surface area contributed by atoms with Gasteiger partial charge < -0.3 is 14.8 Å². The van der Waals surface area contributed by atoms with Crippen molar-refractivity contribution in [2.24, 2.45) is 0 Å². The summed E-state index contributed by atoms with van der Waals surface area (Å²) in [7, 11) is 0. The molecule has 0 unspecified atom stereocenters. The standard InChI is InChI=1S/C15H12FN3O2/c16-12-5-2-1-4-11(12)15(21)17-8-10-9-19-7-3-6-13(20)14(19)18-10/h1-7,9,20H,8H2,(H,17,21). The zero-order valence-electron chi connectivity index (χ0n) is 11.0. The van der Waals surface area contributed by atoms with Crippen LogP contribution in [0.1, 0.15) is 16.1 Å². The van der Waals surface area contributed by atoms with E-state index in [-0.39, 0.29) is 17.9 Å². The Bertz CT molecular complexity index is 814. The topological polar surface area (TPSA) is 66.6 Å². The first-order chi connectivity index (χ1) is 10.1. The Morgan fingerprint density at radius 3 is 2.86 bits per heavy atom. The van der Waals surface area contributed by atoms with E-state index in [2.05, 4.69) is 10.3 Å². The van der Waals surface area contributed by atoms with Crippen molar-refractivity contribution in [1.82, 2.24) is 14.7 Å². The van der Waals surface area contributed by atoms with Gasteiger partial charge in [0.05, 0.1) is 17.8 Å². The number of rotatable bonds is 3. The molecule has 0 bridgehead atoms. The van der Waals surface area contributed by atoms with E-state index in [4.69, 9.17) is 0 Å². The number of imidazole rings is 1. The van der Waals surface area contributed by atoms with Crippen molar-refractivity contribution in [2.45, 2.75) is 6.54 Å². The van der Waals surface area contributed by atoms with Crippen molar-refractivity contribution in [3.63, 3.8) is 0 Å². The van der Waals surface area contributed by atoms with Crippen LogP contribution in [0.4, 0.5) is 4.39 Å². The molecule has 0 saturated carbocycles. The van der Waals surface area contributed by atoms with Crippen LogP contribution in [0, 0.1) is 5.82 Å². The molecule has 0 radical (unpaired) electrons. The van der Waals surface area contributed by atoms with Gasteiger partial charge in [-0.25, -0.2) is 9.37 Å². The van der Waals surface area contributed by atoms with Gasteiger partial charge in [-0.05, 0) is 24.3 Å². The highest BCUT2D eigenvalue weighted by molar-refractivity contribution is 5.94. The molecule has 2 heterocycles. The number of nitrogens with one attached hydrogen (secondary N) is 1. The second-order valence-electron chi connectivity index (χ2n) is 4.52. The number of aromatic hydroxyl groups is 1. The van der Waals surface area contributed by atoms with Gasteiger partial charge >= 0.3 is 0 Å². The number of hydrogen-bond acceptors (Lipinski definition) is 3. The number of nitrogens with zero attached hydrogens (tertiary/aromatic N) is 2. The number of halogens is 1. The van der Waals surface area contributed by atoms with E-state index in [0.29, 0.717) is 11.3 Å². The molecule has 1 amide bonds. The van der Waals surface area contributed by atoms with Crippen molar-refractivity contribution in [3.05, 3.63) is 65.9 Å². The van der Waals surface area contributed by atoms with E-state index >= 15 is 0 Å². The first kappa shape index (κ1) is 13.1. The molecule has 6 heteroatoms. The molecular weight excluding hydrogens is 273 g/mol. The summed E-state index contributed by atoms with van der Waals surface area (Å²) in [6.07, 6.45) is 3.43. The lowest BCUT2D eigenvalue weighted by Crippen LogP contribution is -2.23. The molecular formula is C15H12FN3O2. The summed E-state index contributed by atoms with van der Waals surface area (Å²) in [6, 6.07) is 8.99. The SMILES string of the molecule is O=C(NCc1cn2cccc(O)c2n1)c1ccccc1F. The Morgan fingerprint density at radius 1 is 1.29 bits per heavy atom. The van der Waals surface area contributed by atoms with Gasteiger partial charge in [0.2, 0.25) is 0 Å². The molecule has 1 aromatic carbocycles. The minimum Gasteiger partial charge on any atom is -0.504 e. The molecule has 0 aliphatic heterocycles. The number of benzene rings is 1. The van der Waals surface area contributed by atoms with Gasteiger partial charge in [0.25, 0.3) is 5.91 Å². The summed E-state index contributed by atoms with van der Waals surface area (Å²) >= 11 is 0. The number of amides is 1. The zero-order valence-corrected chi connectivity index (χ0v) is 11.0. The minimum absolute atomic E-state index is 0.0101. The Labute approximate surface area is 119 Å². The summed E-state index contributed by atoms with van der Waals surface area (Å²) < 4.78 is 15.1. The number of fused-ring (bicyclic) bond motifs is 1. The second-order valence-corrected chi connectivity index (χ2v) is 4.52. The van der Waals surface area contributed by atoms with E-state index < -0.39 is 11.7 Å². The summed E-state index contributed by atoms with van der Waals surface area (Å²) in [5, 5.41) is 12.3. The molecule has 0 aliphatic carbocycles. The van der Waals surface area contributed by atoms with Crippen molar-refractivity contribution < 1.29 is 14.3 Å². The van der Waals surface area contributed by atoms with Crippen LogP contribution in [-0.2, 0) is 6.54 Å². The fourth-order valence-electron chi connectivity index (χ4n) is 2.05. The highest BCUT2D eigenvalue weighted by atomic mass is 19.1. The van der Waals surface area contributed by atoms with Gasteiger partial charge in [-0.1, -0.05) is 12.1 Å². The van der Waals surface area contributed by atoms with Crippen LogP contribution < -0.4 is 5.32 Å². The lowest BCUT2D eigenvalue weighted by molar-refractivity contribution is 0.0946. The van der Waals surface area contributed by atoms with Gasteiger partial charge in [0, 0.05) is 12.4 Å². The van der Waals surface area contributed by atoms with E-state index in [1.165, 1.54) is 24.3 Å². The van der Waals surface area contributed by atoms with Crippen LogP contribution in [0.5, 0.6) is 5.75 Å². The van der Waals surface area contributed by atoms with E-state index in [1.54, 1.807) is 28.9 Å². The summed E-state index contributed by atoms with van der Waals surface area (Å²) in [6.45, 7) is 0.147. The predicted octanol–water partition coefficient (Wildman–Crippen LogP) is 2.11. The Hall–Kier alpha value is -2.89. The van der Waals surface area contributed by atoms with Crippen LogP contribution in [0.15, 0.2) is 48.8 Å². The molecule has 0 atom stereocenters. The molecule has 2 N–H and O–H groups in total. The first-order valence-electron chi connectivity index (χ1n) is 6.33. The van der Waals surface area contributed by atoms with Crippen LogP contribution in [0.2, 0.25) is 0 Å². The minimum atomic E-state index is -0.567. The van der Waals surface area contributed by atoms with Crippen molar-refractivity contribution in [3.8, 4) is 5.75 Å². The molecule has 0 aliphatic rings. The van der Waals surface area contributed by atoms with Gasteiger partial charge in [-0.15, -0.1) is 0 Å². The first-order valence-corrected chi connectivity index (χ1v) is 6.33. The quantitative estimate of drug-likeness (QED) is 0.774. The molecule has 2 aromatic heterocycles. The second kappa shape index (κ2) is 5.24. The van der Waals surface area contributed by atoms with Gasteiger partial charge in [-0.2, -0.15) is 0 Å². The summed E-state index contributed by atoms with van der Waals surface area (Å²) in [4.78, 5) is 16.1. The van der Waals surface area contributed by atoms with Crippen molar-refractivity contribution in [2.75, 3.05) is 0 Å². The molecule has 106 valence electrons. The van der Waals surface area contributed by atoms with Crippen LogP contribution in [-0.4, -0.2) is 20.4 Å². The van der Waals surface area contributed by atoms with Gasteiger partial charge in [0.15, 0.2) is 11.4 Å². The maximum absolute atomic E-state index is 13.5. The Morgan fingerprint density at radius 2 is 2.10 bits per heavy atom. The average Bonchev–Trinajstić information content (AvgIpc) is 2.90. The zero-order chi connectivity index (χ0) is 14.8. The van der Waals surface area contributed by atoms with Crippen LogP contribution in [0.3, 0.4) is 0 Å². The lowest BCUT2D eigenvalue weighted by Gasteiger charge is -2.03. The number of hydrogen-bond donors (Lipinski definition) is 2. The molecule has 3 rings (SSSR count). The van der Waals surface area contributed by atoms with E-state index in [1.807, 2.05) is 0 Å².